The van der Waals surface area contributed by atoms with Crippen LogP contribution in [0.4, 0.5) is 0 Å². The maximum absolute atomic E-state index is 3.83. The molecule has 3 fully saturated rings. The van der Waals surface area contributed by atoms with Crippen molar-refractivity contribution in [2.75, 3.05) is 26.2 Å². The number of hydrogen-bond acceptors (Lipinski definition) is 2. The summed E-state index contributed by atoms with van der Waals surface area (Å²) in [6, 6.07) is 0.678. The normalized spacial score (nSPS) is 36.8. The molecule has 20 heavy (non-hydrogen) atoms. The monoisotopic (exact) mass is 278 g/mol. The molecule has 2 saturated carbocycles. The van der Waals surface area contributed by atoms with Crippen molar-refractivity contribution in [2.45, 2.75) is 70.8 Å². The van der Waals surface area contributed by atoms with Crippen LogP contribution in [-0.4, -0.2) is 37.1 Å². The highest BCUT2D eigenvalue weighted by molar-refractivity contribution is 4.84. The summed E-state index contributed by atoms with van der Waals surface area (Å²) in [5, 5.41) is 3.83. The Hall–Kier alpha value is -0.0800. The minimum atomic E-state index is 0.678. The molecule has 2 heteroatoms. The molecule has 4 unspecified atom stereocenters. The minimum Gasteiger partial charge on any atom is -0.313 e. The Bertz CT molecular complexity index is 285. The molecule has 1 saturated heterocycles. The average molecular weight is 278 g/mol. The Morgan fingerprint density at radius 1 is 0.950 bits per heavy atom. The lowest BCUT2D eigenvalue weighted by molar-refractivity contribution is 0.126. The zero-order valence-corrected chi connectivity index (χ0v) is 13.4. The minimum absolute atomic E-state index is 0.678. The molecule has 0 aromatic heterocycles. The fraction of sp³-hybridized carbons (Fsp3) is 1.00. The fourth-order valence-corrected chi connectivity index (χ4v) is 4.94. The Morgan fingerprint density at radius 2 is 1.70 bits per heavy atom. The van der Waals surface area contributed by atoms with Crippen LogP contribution in [0.2, 0.25) is 0 Å². The molecule has 0 bridgehead atoms. The third-order valence-electron chi connectivity index (χ3n) is 6.13. The molecule has 0 radical (unpaired) electrons. The predicted octanol–water partition coefficient (Wildman–Crippen LogP) is 3.67. The van der Waals surface area contributed by atoms with Gasteiger partial charge in [0.05, 0.1) is 0 Å². The van der Waals surface area contributed by atoms with Crippen molar-refractivity contribution in [3.8, 4) is 0 Å². The zero-order valence-electron chi connectivity index (χ0n) is 13.4. The first-order valence-electron chi connectivity index (χ1n) is 9.27. The van der Waals surface area contributed by atoms with Crippen molar-refractivity contribution < 1.29 is 0 Å². The van der Waals surface area contributed by atoms with Crippen molar-refractivity contribution in [2.24, 2.45) is 17.8 Å². The summed E-state index contributed by atoms with van der Waals surface area (Å²) >= 11 is 0. The number of nitrogens with zero attached hydrogens (tertiary/aromatic N) is 1. The second-order valence-corrected chi connectivity index (χ2v) is 7.80. The SMILES string of the molecule is CC(CN1CCCC1)NCC1CCC2CCCCC2C1. The molecule has 1 aliphatic heterocycles. The summed E-state index contributed by atoms with van der Waals surface area (Å²) in [4.78, 5) is 2.63. The van der Waals surface area contributed by atoms with Crippen LogP contribution in [0.1, 0.15) is 64.7 Å². The van der Waals surface area contributed by atoms with Crippen molar-refractivity contribution in [1.82, 2.24) is 10.2 Å². The van der Waals surface area contributed by atoms with Gasteiger partial charge < -0.3 is 10.2 Å². The van der Waals surface area contributed by atoms with Gasteiger partial charge in [0.25, 0.3) is 0 Å². The van der Waals surface area contributed by atoms with E-state index in [1.807, 2.05) is 0 Å². The lowest BCUT2D eigenvalue weighted by atomic mass is 9.67. The quantitative estimate of drug-likeness (QED) is 0.825. The van der Waals surface area contributed by atoms with Crippen LogP contribution in [-0.2, 0) is 0 Å². The predicted molar refractivity (Wildman–Crippen MR) is 85.9 cm³/mol. The highest BCUT2D eigenvalue weighted by Gasteiger charge is 2.32. The van der Waals surface area contributed by atoms with E-state index in [1.54, 1.807) is 0 Å². The standard InChI is InChI=1S/C18H34N2/c1-15(14-20-10-4-5-11-20)19-13-16-8-9-17-6-2-3-7-18(17)12-16/h15-19H,2-14H2,1H3. The Morgan fingerprint density at radius 3 is 2.50 bits per heavy atom. The molecular weight excluding hydrogens is 244 g/mol. The number of fused-ring (bicyclic) bond motifs is 1. The second-order valence-electron chi connectivity index (χ2n) is 7.80. The van der Waals surface area contributed by atoms with E-state index in [1.165, 1.54) is 84.0 Å². The molecule has 0 aromatic carbocycles. The smallest absolute Gasteiger partial charge is 0.0166 e. The Labute approximate surface area is 125 Å². The fourth-order valence-electron chi connectivity index (χ4n) is 4.94. The maximum Gasteiger partial charge on any atom is 0.0166 e. The first-order chi connectivity index (χ1) is 9.81. The number of likely N-dealkylation sites (tertiary alicyclic amines) is 1. The second kappa shape index (κ2) is 7.26. The van der Waals surface area contributed by atoms with E-state index in [0.717, 1.165) is 17.8 Å². The van der Waals surface area contributed by atoms with Gasteiger partial charge in [-0.1, -0.05) is 25.7 Å². The summed E-state index contributed by atoms with van der Waals surface area (Å²) < 4.78 is 0. The summed E-state index contributed by atoms with van der Waals surface area (Å²) in [6.45, 7) is 7.58. The molecule has 2 nitrogen and oxygen atoms in total. The maximum atomic E-state index is 3.83. The molecular formula is C18H34N2. The van der Waals surface area contributed by atoms with E-state index in [4.69, 9.17) is 0 Å². The van der Waals surface area contributed by atoms with E-state index >= 15 is 0 Å². The van der Waals surface area contributed by atoms with Gasteiger partial charge in [0.1, 0.15) is 0 Å². The highest BCUT2D eigenvalue weighted by atomic mass is 15.2. The van der Waals surface area contributed by atoms with E-state index in [-0.39, 0.29) is 0 Å². The van der Waals surface area contributed by atoms with Crippen LogP contribution >= 0.6 is 0 Å². The highest BCUT2D eigenvalue weighted by Crippen LogP contribution is 2.42. The summed E-state index contributed by atoms with van der Waals surface area (Å²) in [5.74, 6) is 3.15. The van der Waals surface area contributed by atoms with Gasteiger partial charge in [-0.05, 0) is 76.4 Å². The van der Waals surface area contributed by atoms with Crippen LogP contribution in [0.25, 0.3) is 0 Å². The molecule has 3 rings (SSSR count). The molecule has 1 heterocycles. The number of rotatable bonds is 5. The van der Waals surface area contributed by atoms with Gasteiger partial charge in [0.2, 0.25) is 0 Å². The van der Waals surface area contributed by atoms with Crippen molar-refractivity contribution in [1.29, 1.82) is 0 Å². The molecule has 1 N–H and O–H groups in total. The largest absolute Gasteiger partial charge is 0.313 e. The molecule has 4 atom stereocenters. The number of hydrogen-bond donors (Lipinski definition) is 1. The topological polar surface area (TPSA) is 15.3 Å². The number of nitrogens with one attached hydrogen (secondary N) is 1. The third kappa shape index (κ3) is 3.98. The van der Waals surface area contributed by atoms with Gasteiger partial charge in [-0.25, -0.2) is 0 Å². The molecule has 0 spiro atoms. The third-order valence-corrected chi connectivity index (χ3v) is 6.13. The van der Waals surface area contributed by atoms with Gasteiger partial charge in [-0.2, -0.15) is 0 Å². The summed E-state index contributed by atoms with van der Waals surface area (Å²) in [5.41, 5.74) is 0. The van der Waals surface area contributed by atoms with Crippen LogP contribution in [0, 0.1) is 17.8 Å². The molecule has 3 aliphatic rings. The van der Waals surface area contributed by atoms with E-state index in [9.17, 15) is 0 Å². The van der Waals surface area contributed by atoms with Crippen LogP contribution < -0.4 is 5.32 Å². The van der Waals surface area contributed by atoms with Crippen molar-refractivity contribution in [3.63, 3.8) is 0 Å². The first kappa shape index (κ1) is 14.8. The summed E-state index contributed by atoms with van der Waals surface area (Å²) in [6.07, 6.45) is 13.5. The van der Waals surface area contributed by atoms with Gasteiger partial charge in [-0.15, -0.1) is 0 Å². The average Bonchev–Trinajstić information content (AvgIpc) is 2.98. The molecule has 0 aromatic rings. The van der Waals surface area contributed by atoms with Crippen molar-refractivity contribution in [3.05, 3.63) is 0 Å². The van der Waals surface area contributed by atoms with Gasteiger partial charge in [0, 0.05) is 12.6 Å². The zero-order chi connectivity index (χ0) is 13.8. The lowest BCUT2D eigenvalue weighted by Gasteiger charge is -2.39. The van der Waals surface area contributed by atoms with E-state index < -0.39 is 0 Å². The van der Waals surface area contributed by atoms with Crippen LogP contribution in [0.5, 0.6) is 0 Å². The Kier molecular flexibility index (Phi) is 5.39. The van der Waals surface area contributed by atoms with Crippen LogP contribution in [0.15, 0.2) is 0 Å². The molecule has 116 valence electrons. The molecule has 2 aliphatic carbocycles. The first-order valence-corrected chi connectivity index (χ1v) is 9.27. The van der Waals surface area contributed by atoms with Gasteiger partial charge in [0.15, 0.2) is 0 Å². The Balaban J connectivity index is 1.35. The molecule has 0 amide bonds. The van der Waals surface area contributed by atoms with Gasteiger partial charge in [-0.3, -0.25) is 0 Å². The van der Waals surface area contributed by atoms with E-state index in [2.05, 4.69) is 17.1 Å². The van der Waals surface area contributed by atoms with Crippen molar-refractivity contribution >= 4 is 0 Å². The van der Waals surface area contributed by atoms with Gasteiger partial charge >= 0.3 is 0 Å². The lowest BCUT2D eigenvalue weighted by Crippen LogP contribution is -2.41. The summed E-state index contributed by atoms with van der Waals surface area (Å²) in [7, 11) is 0. The van der Waals surface area contributed by atoms with Crippen LogP contribution in [0.3, 0.4) is 0 Å². The van der Waals surface area contributed by atoms with E-state index in [0.29, 0.717) is 6.04 Å².